The highest BCUT2D eigenvalue weighted by Crippen LogP contribution is 2.27. The van der Waals surface area contributed by atoms with E-state index in [0.717, 1.165) is 16.6 Å². The van der Waals surface area contributed by atoms with Gasteiger partial charge in [0, 0.05) is 16.3 Å². The summed E-state index contributed by atoms with van der Waals surface area (Å²) in [6.45, 7) is 4.16. The van der Waals surface area contributed by atoms with Crippen LogP contribution in [0.5, 0.6) is 0 Å². The fourth-order valence-electron chi connectivity index (χ4n) is 2.75. The molecule has 1 amide bonds. The Labute approximate surface area is 154 Å². The van der Waals surface area contributed by atoms with E-state index in [1.165, 1.54) is 22.5 Å². The van der Waals surface area contributed by atoms with Gasteiger partial charge in [-0.25, -0.2) is 4.98 Å². The number of para-hydroxylation sites is 1. The van der Waals surface area contributed by atoms with Crippen LogP contribution in [0.25, 0.3) is 22.2 Å². The van der Waals surface area contributed by atoms with Crippen LogP contribution >= 0.6 is 11.3 Å². The van der Waals surface area contributed by atoms with Crippen LogP contribution in [0.3, 0.4) is 0 Å². The molecule has 6 heteroatoms. The summed E-state index contributed by atoms with van der Waals surface area (Å²) in [7, 11) is 0. The van der Waals surface area contributed by atoms with E-state index >= 15 is 0 Å². The second-order valence-electron chi connectivity index (χ2n) is 6.19. The minimum absolute atomic E-state index is 0.148. The molecule has 0 atom stereocenters. The average molecular weight is 363 g/mol. The molecule has 0 saturated carbocycles. The largest absolute Gasteiger partial charge is 0.356 e. The number of aromatic nitrogens is 2. The molecule has 0 fully saturated rings. The minimum Gasteiger partial charge on any atom is -0.356 e. The smallest absolute Gasteiger partial charge is 0.232 e. The number of carbonyl (C=O) groups is 1. The molecule has 4 rings (SSSR count). The first-order valence-electron chi connectivity index (χ1n) is 8.26. The molecule has 2 heterocycles. The van der Waals surface area contributed by atoms with Gasteiger partial charge in [-0.05, 0) is 43.2 Å². The summed E-state index contributed by atoms with van der Waals surface area (Å²) in [5.74, 6) is -0.162. The van der Waals surface area contributed by atoms with Crippen molar-refractivity contribution in [2.75, 3.05) is 5.32 Å². The molecule has 130 valence electrons. The van der Waals surface area contributed by atoms with Gasteiger partial charge in [-0.2, -0.15) is 0 Å². The van der Waals surface area contributed by atoms with Gasteiger partial charge < -0.3 is 9.84 Å². The number of rotatable bonds is 4. The fraction of sp³-hybridized carbons (Fsp3) is 0.150. The first-order valence-corrected chi connectivity index (χ1v) is 9.14. The van der Waals surface area contributed by atoms with E-state index in [9.17, 15) is 4.79 Å². The molecule has 0 aliphatic heterocycles. The zero-order chi connectivity index (χ0) is 18.1. The minimum atomic E-state index is -0.162. The van der Waals surface area contributed by atoms with Gasteiger partial charge in [-0.3, -0.25) is 4.79 Å². The topological polar surface area (TPSA) is 68.0 Å². The van der Waals surface area contributed by atoms with Gasteiger partial charge in [0.2, 0.25) is 5.91 Å². The van der Waals surface area contributed by atoms with E-state index in [4.69, 9.17) is 4.52 Å². The quantitative estimate of drug-likeness (QED) is 0.568. The van der Waals surface area contributed by atoms with Gasteiger partial charge in [0.05, 0.1) is 12.1 Å². The number of hydrogen-bond donors (Lipinski definition) is 1. The number of anilines is 1. The normalized spacial score (nSPS) is 11.0. The van der Waals surface area contributed by atoms with E-state index < -0.39 is 0 Å². The number of amides is 1. The number of aryl methyl sites for hydroxylation is 2. The zero-order valence-electron chi connectivity index (χ0n) is 14.4. The number of carbonyl (C=O) groups excluding carboxylic acids is 1. The summed E-state index contributed by atoms with van der Waals surface area (Å²) in [5, 5.41) is 10.2. The second kappa shape index (κ2) is 6.72. The Morgan fingerprint density at radius 2 is 2.00 bits per heavy atom. The number of thiazole rings is 1. The third kappa shape index (κ3) is 3.23. The third-order valence-electron chi connectivity index (χ3n) is 4.33. The first-order chi connectivity index (χ1) is 12.6. The maximum absolute atomic E-state index is 12.3. The molecule has 26 heavy (non-hydrogen) atoms. The van der Waals surface area contributed by atoms with Crippen LogP contribution in [0.2, 0.25) is 0 Å². The maximum atomic E-state index is 12.3. The lowest BCUT2D eigenvalue weighted by atomic mass is 10.1. The van der Waals surface area contributed by atoms with Crippen LogP contribution in [0, 0.1) is 13.8 Å². The SMILES string of the molecule is Cc1ccc(-c2csc(NC(=O)Cc3noc4ccccc34)n2)cc1C. The molecule has 0 unspecified atom stereocenters. The van der Waals surface area contributed by atoms with Crippen LogP contribution in [0.15, 0.2) is 52.4 Å². The van der Waals surface area contributed by atoms with Crippen LogP contribution in [-0.2, 0) is 11.2 Å². The molecule has 4 aromatic rings. The summed E-state index contributed by atoms with van der Waals surface area (Å²) in [6.07, 6.45) is 0.148. The van der Waals surface area contributed by atoms with Crippen molar-refractivity contribution in [3.63, 3.8) is 0 Å². The van der Waals surface area contributed by atoms with Crippen LogP contribution in [0.4, 0.5) is 5.13 Å². The lowest BCUT2D eigenvalue weighted by Crippen LogP contribution is -2.14. The Balaban J connectivity index is 1.48. The molecule has 5 nitrogen and oxygen atoms in total. The van der Waals surface area contributed by atoms with Gasteiger partial charge in [-0.1, -0.05) is 29.4 Å². The number of nitrogens with one attached hydrogen (secondary N) is 1. The van der Waals surface area contributed by atoms with Crippen molar-refractivity contribution in [3.05, 3.63) is 64.7 Å². The van der Waals surface area contributed by atoms with E-state index in [-0.39, 0.29) is 12.3 Å². The Kier molecular flexibility index (Phi) is 4.26. The summed E-state index contributed by atoms with van der Waals surface area (Å²) >= 11 is 1.41. The van der Waals surface area contributed by atoms with Crippen molar-refractivity contribution in [1.29, 1.82) is 0 Å². The van der Waals surface area contributed by atoms with Gasteiger partial charge in [-0.15, -0.1) is 11.3 Å². The maximum Gasteiger partial charge on any atom is 0.232 e. The monoisotopic (exact) mass is 363 g/mol. The van der Waals surface area contributed by atoms with Gasteiger partial charge >= 0.3 is 0 Å². The number of fused-ring (bicyclic) bond motifs is 1. The van der Waals surface area contributed by atoms with Crippen molar-refractivity contribution < 1.29 is 9.32 Å². The summed E-state index contributed by atoms with van der Waals surface area (Å²) in [4.78, 5) is 16.9. The molecule has 2 aromatic carbocycles. The Morgan fingerprint density at radius 3 is 2.85 bits per heavy atom. The predicted molar refractivity (Wildman–Crippen MR) is 103 cm³/mol. The molecule has 0 saturated heterocycles. The van der Waals surface area contributed by atoms with Gasteiger partial charge in [0.15, 0.2) is 10.7 Å². The standard InChI is InChI=1S/C20H17N3O2S/c1-12-7-8-14(9-13(12)2)17-11-26-20(21-17)22-19(24)10-16-15-5-3-4-6-18(15)25-23-16/h3-9,11H,10H2,1-2H3,(H,21,22,24). The fourth-order valence-corrected chi connectivity index (χ4v) is 3.48. The van der Waals surface area contributed by atoms with Crippen molar-refractivity contribution in [2.24, 2.45) is 0 Å². The highest BCUT2D eigenvalue weighted by molar-refractivity contribution is 7.14. The summed E-state index contributed by atoms with van der Waals surface area (Å²) in [6, 6.07) is 13.7. The van der Waals surface area contributed by atoms with Crippen molar-refractivity contribution >= 4 is 33.3 Å². The lowest BCUT2D eigenvalue weighted by Gasteiger charge is -2.02. The number of benzene rings is 2. The summed E-state index contributed by atoms with van der Waals surface area (Å²) in [5.41, 5.74) is 5.69. The lowest BCUT2D eigenvalue weighted by molar-refractivity contribution is -0.115. The van der Waals surface area contributed by atoms with Gasteiger partial charge in [0.1, 0.15) is 5.69 Å². The van der Waals surface area contributed by atoms with Crippen LogP contribution < -0.4 is 5.32 Å². The van der Waals surface area contributed by atoms with E-state index in [2.05, 4.69) is 41.4 Å². The highest BCUT2D eigenvalue weighted by Gasteiger charge is 2.14. The van der Waals surface area contributed by atoms with Crippen LogP contribution in [0.1, 0.15) is 16.8 Å². The molecule has 0 bridgehead atoms. The van der Waals surface area contributed by atoms with E-state index in [1.807, 2.05) is 35.7 Å². The molecule has 0 aliphatic rings. The van der Waals surface area contributed by atoms with Crippen molar-refractivity contribution in [2.45, 2.75) is 20.3 Å². The second-order valence-corrected chi connectivity index (χ2v) is 7.05. The molecule has 1 N–H and O–H groups in total. The predicted octanol–water partition coefficient (Wildman–Crippen LogP) is 4.75. The summed E-state index contributed by atoms with van der Waals surface area (Å²) < 4.78 is 5.24. The molecule has 2 aromatic heterocycles. The molecular formula is C20H17N3O2S. The van der Waals surface area contributed by atoms with Gasteiger partial charge in [0.25, 0.3) is 0 Å². The van der Waals surface area contributed by atoms with E-state index in [0.29, 0.717) is 16.4 Å². The number of hydrogen-bond acceptors (Lipinski definition) is 5. The highest BCUT2D eigenvalue weighted by atomic mass is 32.1. The zero-order valence-corrected chi connectivity index (χ0v) is 15.3. The average Bonchev–Trinajstić information content (AvgIpc) is 3.25. The Bertz CT molecular complexity index is 1100. The third-order valence-corrected chi connectivity index (χ3v) is 5.09. The van der Waals surface area contributed by atoms with Crippen molar-refractivity contribution in [1.82, 2.24) is 10.1 Å². The molecule has 0 radical (unpaired) electrons. The molecule has 0 aliphatic carbocycles. The van der Waals surface area contributed by atoms with Crippen molar-refractivity contribution in [3.8, 4) is 11.3 Å². The number of nitrogens with zero attached hydrogens (tertiary/aromatic N) is 2. The molecule has 0 spiro atoms. The van der Waals surface area contributed by atoms with Crippen LogP contribution in [-0.4, -0.2) is 16.0 Å². The Morgan fingerprint density at radius 1 is 1.15 bits per heavy atom. The Hall–Kier alpha value is -2.99. The van der Waals surface area contributed by atoms with E-state index in [1.54, 1.807) is 0 Å². The molecular weight excluding hydrogens is 346 g/mol. The first kappa shape index (κ1) is 16.5.